The summed E-state index contributed by atoms with van der Waals surface area (Å²) in [6.07, 6.45) is 5.26. The number of carbonyl (C=O) groups is 2. The fraction of sp³-hybridized carbons (Fsp3) is 0.619. The van der Waals surface area contributed by atoms with Gasteiger partial charge in [0.15, 0.2) is 0 Å². The van der Waals surface area contributed by atoms with Gasteiger partial charge in [-0.05, 0) is 61.8 Å². The van der Waals surface area contributed by atoms with E-state index >= 15 is 0 Å². The largest absolute Gasteiger partial charge is 0.497 e. The van der Waals surface area contributed by atoms with Crippen LogP contribution in [-0.4, -0.2) is 25.0 Å². The molecule has 1 aromatic rings. The zero-order valence-electron chi connectivity index (χ0n) is 16.4. The van der Waals surface area contributed by atoms with Gasteiger partial charge in [0.25, 0.3) is 0 Å². The van der Waals surface area contributed by atoms with Crippen molar-refractivity contribution in [2.24, 2.45) is 17.8 Å². The van der Waals surface area contributed by atoms with Gasteiger partial charge in [-0.1, -0.05) is 27.2 Å². The molecule has 0 radical (unpaired) electrons. The lowest BCUT2D eigenvalue weighted by Crippen LogP contribution is -2.49. The maximum atomic E-state index is 12.7. The lowest BCUT2D eigenvalue weighted by Gasteiger charge is -2.29. The van der Waals surface area contributed by atoms with Crippen LogP contribution in [0.4, 0.5) is 5.69 Å². The van der Waals surface area contributed by atoms with Crippen LogP contribution in [0.2, 0.25) is 0 Å². The van der Waals surface area contributed by atoms with Crippen LogP contribution in [0.3, 0.4) is 0 Å². The molecule has 5 heteroatoms. The Hall–Kier alpha value is -2.04. The molecular weight excluding hydrogens is 328 g/mol. The summed E-state index contributed by atoms with van der Waals surface area (Å²) in [5.74, 6) is 1.37. The summed E-state index contributed by atoms with van der Waals surface area (Å²) in [6, 6.07) is 6.65. The Morgan fingerprint density at radius 3 is 2.23 bits per heavy atom. The number of benzene rings is 1. The Morgan fingerprint density at radius 2 is 1.73 bits per heavy atom. The van der Waals surface area contributed by atoms with Gasteiger partial charge in [0.05, 0.1) is 7.11 Å². The number of carbonyl (C=O) groups excluding carboxylic acids is 2. The molecule has 2 amide bonds. The van der Waals surface area contributed by atoms with Gasteiger partial charge in [-0.25, -0.2) is 0 Å². The SMILES string of the molecule is CCC1CCC(C(=O)N[C@@H](C(=O)Nc2ccc(OC)cc2)C(C)C)CC1. The van der Waals surface area contributed by atoms with Crippen molar-refractivity contribution < 1.29 is 14.3 Å². The van der Waals surface area contributed by atoms with Crippen molar-refractivity contribution in [3.63, 3.8) is 0 Å². The molecule has 2 rings (SSSR count). The Labute approximate surface area is 156 Å². The van der Waals surface area contributed by atoms with Crippen LogP contribution >= 0.6 is 0 Å². The third kappa shape index (κ3) is 5.48. The van der Waals surface area contributed by atoms with Gasteiger partial charge >= 0.3 is 0 Å². The number of anilines is 1. The van der Waals surface area contributed by atoms with Gasteiger partial charge < -0.3 is 15.4 Å². The molecule has 0 aliphatic heterocycles. The molecule has 0 saturated heterocycles. The first kappa shape index (κ1) is 20.3. The molecule has 0 bridgehead atoms. The van der Waals surface area contributed by atoms with E-state index in [1.807, 2.05) is 13.8 Å². The number of ether oxygens (including phenoxy) is 1. The van der Waals surface area contributed by atoms with Crippen molar-refractivity contribution in [2.45, 2.75) is 58.9 Å². The highest BCUT2D eigenvalue weighted by Gasteiger charge is 2.30. The fourth-order valence-electron chi connectivity index (χ4n) is 3.53. The number of amides is 2. The first-order chi connectivity index (χ1) is 12.4. The minimum atomic E-state index is -0.534. The van der Waals surface area contributed by atoms with E-state index in [-0.39, 0.29) is 23.7 Å². The second-order valence-electron chi connectivity index (χ2n) is 7.57. The van der Waals surface area contributed by atoms with Crippen molar-refractivity contribution >= 4 is 17.5 Å². The van der Waals surface area contributed by atoms with Gasteiger partial charge in [-0.2, -0.15) is 0 Å². The molecule has 1 aromatic carbocycles. The molecule has 1 aliphatic carbocycles. The van der Waals surface area contributed by atoms with E-state index in [0.717, 1.165) is 37.4 Å². The van der Waals surface area contributed by atoms with Crippen molar-refractivity contribution in [1.29, 1.82) is 0 Å². The summed E-state index contributed by atoms with van der Waals surface area (Å²) < 4.78 is 5.13. The molecule has 1 aliphatic rings. The van der Waals surface area contributed by atoms with E-state index < -0.39 is 6.04 Å². The summed E-state index contributed by atoms with van der Waals surface area (Å²) in [5, 5.41) is 5.88. The van der Waals surface area contributed by atoms with Gasteiger partial charge in [0, 0.05) is 11.6 Å². The standard InChI is InChI=1S/C21H32N2O3/c1-5-15-6-8-16(9-7-15)20(24)23-19(14(2)3)21(25)22-17-10-12-18(26-4)13-11-17/h10-16,19H,5-9H2,1-4H3,(H,22,25)(H,23,24)/t15?,16?,19-/m1/s1. The molecule has 0 heterocycles. The number of methoxy groups -OCH3 is 1. The fourth-order valence-corrected chi connectivity index (χ4v) is 3.53. The summed E-state index contributed by atoms with van der Waals surface area (Å²) in [5.41, 5.74) is 0.694. The highest BCUT2D eigenvalue weighted by Crippen LogP contribution is 2.30. The Balaban J connectivity index is 1.94. The molecule has 1 fully saturated rings. The van der Waals surface area contributed by atoms with Crippen LogP contribution in [0.25, 0.3) is 0 Å². The maximum Gasteiger partial charge on any atom is 0.247 e. The van der Waals surface area contributed by atoms with Crippen molar-refractivity contribution in [3.8, 4) is 5.75 Å². The maximum absolute atomic E-state index is 12.7. The molecule has 0 spiro atoms. The van der Waals surface area contributed by atoms with Gasteiger partial charge in [0.2, 0.25) is 11.8 Å². The molecule has 1 saturated carbocycles. The van der Waals surface area contributed by atoms with Crippen LogP contribution in [-0.2, 0) is 9.59 Å². The van der Waals surface area contributed by atoms with E-state index in [9.17, 15) is 9.59 Å². The molecule has 26 heavy (non-hydrogen) atoms. The lowest BCUT2D eigenvalue weighted by molar-refractivity contribution is -0.131. The predicted molar refractivity (Wildman–Crippen MR) is 104 cm³/mol. The highest BCUT2D eigenvalue weighted by atomic mass is 16.5. The van der Waals surface area contributed by atoms with Crippen LogP contribution in [0.5, 0.6) is 5.75 Å². The first-order valence-corrected chi connectivity index (χ1v) is 9.69. The molecular formula is C21H32N2O3. The second-order valence-corrected chi connectivity index (χ2v) is 7.57. The van der Waals surface area contributed by atoms with E-state index in [1.54, 1.807) is 31.4 Å². The van der Waals surface area contributed by atoms with E-state index in [0.29, 0.717) is 5.69 Å². The van der Waals surface area contributed by atoms with Gasteiger partial charge in [-0.3, -0.25) is 9.59 Å². The summed E-state index contributed by atoms with van der Waals surface area (Å²) in [4.78, 5) is 25.3. The minimum Gasteiger partial charge on any atom is -0.497 e. The summed E-state index contributed by atoms with van der Waals surface area (Å²) >= 11 is 0. The average molecular weight is 360 g/mol. The summed E-state index contributed by atoms with van der Waals surface area (Å²) in [7, 11) is 1.60. The van der Waals surface area contributed by atoms with Crippen LogP contribution < -0.4 is 15.4 Å². The third-order valence-corrected chi connectivity index (χ3v) is 5.40. The Morgan fingerprint density at radius 1 is 1.12 bits per heavy atom. The van der Waals surface area contributed by atoms with E-state index in [4.69, 9.17) is 4.74 Å². The number of rotatable bonds is 7. The van der Waals surface area contributed by atoms with E-state index in [2.05, 4.69) is 17.6 Å². The quantitative estimate of drug-likeness (QED) is 0.772. The molecule has 2 N–H and O–H groups in total. The zero-order chi connectivity index (χ0) is 19.1. The first-order valence-electron chi connectivity index (χ1n) is 9.69. The predicted octanol–water partition coefficient (Wildman–Crippen LogP) is 3.99. The zero-order valence-corrected chi connectivity index (χ0v) is 16.4. The minimum absolute atomic E-state index is 0.0168. The Kier molecular flexibility index (Phi) is 7.49. The van der Waals surface area contributed by atoms with Crippen LogP contribution in [0.1, 0.15) is 52.9 Å². The normalized spacial score (nSPS) is 21.1. The molecule has 5 nitrogen and oxygen atoms in total. The molecule has 144 valence electrons. The highest BCUT2D eigenvalue weighted by molar-refractivity contribution is 5.97. The van der Waals surface area contributed by atoms with Crippen molar-refractivity contribution in [1.82, 2.24) is 5.32 Å². The van der Waals surface area contributed by atoms with Crippen LogP contribution in [0.15, 0.2) is 24.3 Å². The van der Waals surface area contributed by atoms with E-state index in [1.165, 1.54) is 6.42 Å². The number of hydrogen-bond donors (Lipinski definition) is 2. The smallest absolute Gasteiger partial charge is 0.247 e. The van der Waals surface area contributed by atoms with Crippen molar-refractivity contribution in [2.75, 3.05) is 12.4 Å². The topological polar surface area (TPSA) is 67.4 Å². The summed E-state index contributed by atoms with van der Waals surface area (Å²) in [6.45, 7) is 6.11. The average Bonchev–Trinajstić information content (AvgIpc) is 2.66. The number of nitrogens with one attached hydrogen (secondary N) is 2. The molecule has 0 unspecified atom stereocenters. The van der Waals surface area contributed by atoms with Gasteiger partial charge in [-0.15, -0.1) is 0 Å². The van der Waals surface area contributed by atoms with Crippen molar-refractivity contribution in [3.05, 3.63) is 24.3 Å². The molecule has 1 atom stereocenters. The second kappa shape index (κ2) is 9.60. The monoisotopic (exact) mass is 360 g/mol. The third-order valence-electron chi connectivity index (χ3n) is 5.40. The molecule has 0 aromatic heterocycles. The van der Waals surface area contributed by atoms with Gasteiger partial charge in [0.1, 0.15) is 11.8 Å². The van der Waals surface area contributed by atoms with Crippen LogP contribution in [0, 0.1) is 17.8 Å². The lowest BCUT2D eigenvalue weighted by atomic mass is 9.80. The Bertz CT molecular complexity index is 590. The number of hydrogen-bond acceptors (Lipinski definition) is 3.